The van der Waals surface area contributed by atoms with Gasteiger partial charge in [0.2, 0.25) is 11.9 Å². The molecule has 7 heteroatoms. The van der Waals surface area contributed by atoms with Gasteiger partial charge in [-0.15, -0.1) is 0 Å². The van der Waals surface area contributed by atoms with Crippen LogP contribution in [0.3, 0.4) is 0 Å². The van der Waals surface area contributed by atoms with Crippen LogP contribution in [0.1, 0.15) is 5.69 Å². The lowest BCUT2D eigenvalue weighted by molar-refractivity contribution is -0.115. The van der Waals surface area contributed by atoms with Crippen LogP contribution >= 0.6 is 0 Å². The molecular weight excluding hydrogens is 261 g/mol. The number of hydrogen-bond acceptors (Lipinski definition) is 5. The topological polar surface area (TPSA) is 71.0 Å². The summed E-state index contributed by atoms with van der Waals surface area (Å²) in [4.78, 5) is 25.1. The molecule has 2 rings (SSSR count). The number of amides is 1. The Labute approximate surface area is 115 Å². The molecule has 2 aromatic rings. The number of carbonyl (C=O) groups excluding carboxylic acids is 1. The SMILES string of the molecule is Cc1cccc(NC(=O)CN(C)c2ncc(F)cn2)n1. The molecule has 0 spiro atoms. The summed E-state index contributed by atoms with van der Waals surface area (Å²) in [6, 6.07) is 5.36. The molecule has 2 aromatic heterocycles. The maximum Gasteiger partial charge on any atom is 0.245 e. The van der Waals surface area contributed by atoms with Gasteiger partial charge in [0.1, 0.15) is 5.82 Å². The first-order chi connectivity index (χ1) is 9.54. The Kier molecular flexibility index (Phi) is 4.19. The van der Waals surface area contributed by atoms with Gasteiger partial charge < -0.3 is 10.2 Å². The molecule has 1 N–H and O–H groups in total. The summed E-state index contributed by atoms with van der Waals surface area (Å²) in [5.41, 5.74) is 0.818. The van der Waals surface area contributed by atoms with E-state index >= 15 is 0 Å². The van der Waals surface area contributed by atoms with E-state index in [1.807, 2.05) is 19.1 Å². The number of anilines is 2. The van der Waals surface area contributed by atoms with E-state index in [2.05, 4.69) is 20.3 Å². The standard InChI is InChI=1S/C13H14FN5O/c1-9-4-3-5-11(17-9)18-12(20)8-19(2)13-15-6-10(14)7-16-13/h3-7H,8H2,1-2H3,(H,17,18,20). The van der Waals surface area contributed by atoms with Crippen molar-refractivity contribution in [3.05, 3.63) is 42.1 Å². The second-order valence-corrected chi connectivity index (χ2v) is 4.27. The van der Waals surface area contributed by atoms with Crippen LogP contribution in [0.25, 0.3) is 0 Å². The first kappa shape index (κ1) is 13.9. The van der Waals surface area contributed by atoms with Crippen LogP contribution in [0.2, 0.25) is 0 Å². The first-order valence-electron chi connectivity index (χ1n) is 5.97. The Hall–Kier alpha value is -2.57. The molecule has 6 nitrogen and oxygen atoms in total. The van der Waals surface area contributed by atoms with Gasteiger partial charge in [-0.25, -0.2) is 19.3 Å². The smallest absolute Gasteiger partial charge is 0.245 e. The van der Waals surface area contributed by atoms with E-state index in [1.54, 1.807) is 13.1 Å². The van der Waals surface area contributed by atoms with Crippen LogP contribution < -0.4 is 10.2 Å². The molecule has 0 aliphatic rings. The molecule has 20 heavy (non-hydrogen) atoms. The molecule has 0 saturated carbocycles. The van der Waals surface area contributed by atoms with Crippen LogP contribution in [0.5, 0.6) is 0 Å². The van der Waals surface area contributed by atoms with Crippen LogP contribution in [-0.4, -0.2) is 34.5 Å². The third-order valence-electron chi connectivity index (χ3n) is 2.48. The number of aryl methyl sites for hydroxylation is 1. The Morgan fingerprint density at radius 2 is 2.05 bits per heavy atom. The van der Waals surface area contributed by atoms with E-state index in [4.69, 9.17) is 0 Å². The highest BCUT2D eigenvalue weighted by atomic mass is 19.1. The number of rotatable bonds is 4. The van der Waals surface area contributed by atoms with Crippen molar-refractivity contribution in [1.29, 1.82) is 0 Å². The third-order valence-corrected chi connectivity index (χ3v) is 2.48. The van der Waals surface area contributed by atoms with Crippen molar-refractivity contribution in [2.45, 2.75) is 6.92 Å². The number of likely N-dealkylation sites (N-methyl/N-ethyl adjacent to an activating group) is 1. The van der Waals surface area contributed by atoms with Crippen LogP contribution in [0, 0.1) is 12.7 Å². The number of halogens is 1. The zero-order chi connectivity index (χ0) is 14.5. The van der Waals surface area contributed by atoms with E-state index in [0.717, 1.165) is 18.1 Å². The lowest BCUT2D eigenvalue weighted by atomic mass is 10.3. The highest BCUT2D eigenvalue weighted by molar-refractivity contribution is 5.92. The van der Waals surface area contributed by atoms with Gasteiger partial charge in [0.15, 0.2) is 5.82 Å². The molecule has 0 aromatic carbocycles. The number of aromatic nitrogens is 3. The van der Waals surface area contributed by atoms with Crippen molar-refractivity contribution >= 4 is 17.7 Å². The van der Waals surface area contributed by atoms with E-state index in [0.29, 0.717) is 5.82 Å². The molecule has 0 saturated heterocycles. The largest absolute Gasteiger partial charge is 0.335 e. The van der Waals surface area contributed by atoms with Crippen molar-refractivity contribution in [3.8, 4) is 0 Å². The van der Waals surface area contributed by atoms with Crippen LogP contribution in [0.4, 0.5) is 16.2 Å². The summed E-state index contributed by atoms with van der Waals surface area (Å²) in [5.74, 6) is -0.00346. The van der Waals surface area contributed by atoms with Gasteiger partial charge in [-0.3, -0.25) is 4.79 Å². The van der Waals surface area contributed by atoms with Gasteiger partial charge in [0.05, 0.1) is 18.9 Å². The van der Waals surface area contributed by atoms with Gasteiger partial charge in [0.25, 0.3) is 0 Å². The van der Waals surface area contributed by atoms with Crippen molar-refractivity contribution in [2.24, 2.45) is 0 Å². The van der Waals surface area contributed by atoms with Gasteiger partial charge in [-0.05, 0) is 19.1 Å². The maximum atomic E-state index is 12.7. The molecule has 0 aliphatic carbocycles. The molecule has 0 radical (unpaired) electrons. The average Bonchev–Trinajstić information content (AvgIpc) is 2.39. The number of nitrogens with one attached hydrogen (secondary N) is 1. The Morgan fingerprint density at radius 3 is 2.70 bits per heavy atom. The van der Waals surface area contributed by atoms with Crippen molar-refractivity contribution in [3.63, 3.8) is 0 Å². The normalized spacial score (nSPS) is 10.2. The molecule has 0 unspecified atom stereocenters. The number of pyridine rings is 1. The molecule has 0 atom stereocenters. The zero-order valence-corrected chi connectivity index (χ0v) is 11.2. The fraction of sp³-hybridized carbons (Fsp3) is 0.231. The lowest BCUT2D eigenvalue weighted by Crippen LogP contribution is -2.31. The first-order valence-corrected chi connectivity index (χ1v) is 5.97. The molecule has 1 amide bonds. The van der Waals surface area contributed by atoms with E-state index < -0.39 is 5.82 Å². The quantitative estimate of drug-likeness (QED) is 0.913. The molecule has 0 bridgehead atoms. The number of hydrogen-bond donors (Lipinski definition) is 1. The summed E-state index contributed by atoms with van der Waals surface area (Å²) in [5, 5.41) is 2.67. The van der Waals surface area contributed by atoms with E-state index in [1.165, 1.54) is 4.90 Å². The average molecular weight is 275 g/mol. The fourth-order valence-corrected chi connectivity index (χ4v) is 1.58. The minimum atomic E-state index is -0.518. The zero-order valence-electron chi connectivity index (χ0n) is 11.2. The van der Waals surface area contributed by atoms with Gasteiger partial charge >= 0.3 is 0 Å². The van der Waals surface area contributed by atoms with Gasteiger partial charge in [-0.2, -0.15) is 0 Å². The van der Waals surface area contributed by atoms with Crippen LogP contribution in [0.15, 0.2) is 30.6 Å². The molecule has 2 heterocycles. The highest BCUT2D eigenvalue weighted by Crippen LogP contribution is 2.06. The summed E-state index contributed by atoms with van der Waals surface area (Å²) in [7, 11) is 1.65. The van der Waals surface area contributed by atoms with Gasteiger partial charge in [-0.1, -0.05) is 6.07 Å². The van der Waals surface area contributed by atoms with Crippen molar-refractivity contribution < 1.29 is 9.18 Å². The summed E-state index contributed by atoms with van der Waals surface area (Å²) < 4.78 is 12.7. The third kappa shape index (κ3) is 3.71. The predicted molar refractivity (Wildman–Crippen MR) is 72.9 cm³/mol. The molecule has 0 fully saturated rings. The highest BCUT2D eigenvalue weighted by Gasteiger charge is 2.10. The van der Waals surface area contributed by atoms with Crippen molar-refractivity contribution in [2.75, 3.05) is 23.8 Å². The second kappa shape index (κ2) is 6.05. The van der Waals surface area contributed by atoms with E-state index in [-0.39, 0.29) is 18.4 Å². The molecule has 104 valence electrons. The monoisotopic (exact) mass is 275 g/mol. The van der Waals surface area contributed by atoms with E-state index in [9.17, 15) is 9.18 Å². The lowest BCUT2D eigenvalue weighted by Gasteiger charge is -2.15. The minimum Gasteiger partial charge on any atom is -0.335 e. The number of nitrogens with zero attached hydrogens (tertiary/aromatic N) is 4. The second-order valence-electron chi connectivity index (χ2n) is 4.27. The minimum absolute atomic E-state index is 0.0429. The number of carbonyl (C=O) groups is 1. The molecular formula is C13H14FN5O. The summed E-state index contributed by atoms with van der Waals surface area (Å²) >= 11 is 0. The predicted octanol–water partition coefficient (Wildman–Crippen LogP) is 1.39. The Bertz CT molecular complexity index is 602. The Morgan fingerprint density at radius 1 is 1.35 bits per heavy atom. The summed E-state index contributed by atoms with van der Waals surface area (Å²) in [6.07, 6.45) is 2.11. The van der Waals surface area contributed by atoms with Gasteiger partial charge in [0, 0.05) is 12.7 Å². The molecule has 0 aliphatic heterocycles. The van der Waals surface area contributed by atoms with Crippen molar-refractivity contribution in [1.82, 2.24) is 15.0 Å². The fourth-order valence-electron chi connectivity index (χ4n) is 1.58. The summed E-state index contributed by atoms with van der Waals surface area (Å²) in [6.45, 7) is 1.88. The Balaban J connectivity index is 1.95. The maximum absolute atomic E-state index is 12.7. The van der Waals surface area contributed by atoms with Crippen LogP contribution in [-0.2, 0) is 4.79 Å².